The van der Waals surface area contributed by atoms with Crippen molar-refractivity contribution in [3.63, 3.8) is 0 Å². The zero-order valence-corrected chi connectivity index (χ0v) is 9.05. The van der Waals surface area contributed by atoms with Gasteiger partial charge >= 0.3 is 6.03 Å². The number of carbonyl (C=O) groups is 1. The molecular weight excluding hydrogens is 190 g/mol. The minimum absolute atomic E-state index is 0.589. The molecule has 2 rings (SSSR count). The average Bonchev–Trinajstić information content (AvgIpc) is 2.65. The molecule has 0 aromatic heterocycles. The van der Waals surface area contributed by atoms with Crippen LogP contribution in [-0.4, -0.2) is 11.7 Å². The Hall–Kier alpha value is -1.32. The molecule has 0 spiro atoms. The normalized spacial score (nSPS) is 28.1. The maximum atomic E-state index is 10.6. The second kappa shape index (κ2) is 4.04. The molecule has 0 heterocycles. The van der Waals surface area contributed by atoms with Gasteiger partial charge in [0.25, 0.3) is 0 Å². The van der Waals surface area contributed by atoms with E-state index < -0.39 is 6.03 Å². The van der Waals surface area contributed by atoms with Crippen molar-refractivity contribution in [2.75, 3.05) is 0 Å². The first-order valence-electron chi connectivity index (χ1n) is 5.50. The van der Waals surface area contributed by atoms with Crippen LogP contribution in [-0.2, 0) is 0 Å². The lowest BCUT2D eigenvalue weighted by Gasteiger charge is -2.22. The third-order valence-electron chi connectivity index (χ3n) is 3.44. The van der Waals surface area contributed by atoms with Gasteiger partial charge in [0.15, 0.2) is 0 Å². The fourth-order valence-electron chi connectivity index (χ4n) is 2.68. The van der Waals surface area contributed by atoms with Crippen molar-refractivity contribution in [2.24, 2.45) is 16.8 Å². The van der Waals surface area contributed by atoms with Crippen molar-refractivity contribution >= 4 is 11.7 Å². The molecule has 0 unspecified atom stereocenters. The van der Waals surface area contributed by atoms with Crippen LogP contribution in [0.1, 0.15) is 39.0 Å². The summed E-state index contributed by atoms with van der Waals surface area (Å²) in [6.07, 6.45) is 5.95. The third-order valence-corrected chi connectivity index (χ3v) is 3.44. The smallest absolute Gasteiger partial charge is 0.332 e. The first-order valence-corrected chi connectivity index (χ1v) is 5.50. The lowest BCUT2D eigenvalue weighted by atomic mass is 9.84. The molecule has 1 saturated carbocycles. The quantitative estimate of drug-likeness (QED) is 0.634. The molecule has 0 radical (unpaired) electrons. The van der Waals surface area contributed by atoms with Gasteiger partial charge in [0, 0.05) is 0 Å². The molecular formula is C11H17N3O. The minimum Gasteiger partial charge on any atom is -0.350 e. The molecule has 0 aromatic rings. The zero-order valence-electron chi connectivity index (χ0n) is 9.05. The maximum Gasteiger partial charge on any atom is 0.332 e. The van der Waals surface area contributed by atoms with Crippen molar-refractivity contribution in [1.29, 1.82) is 0 Å². The van der Waals surface area contributed by atoms with Gasteiger partial charge in [-0.05, 0) is 50.5 Å². The highest BCUT2D eigenvalue weighted by Gasteiger charge is 2.28. The van der Waals surface area contributed by atoms with E-state index in [1.165, 1.54) is 31.3 Å². The van der Waals surface area contributed by atoms with Gasteiger partial charge in [-0.25, -0.2) is 10.2 Å². The van der Waals surface area contributed by atoms with Crippen molar-refractivity contribution in [3.05, 3.63) is 11.1 Å². The number of nitrogens with one attached hydrogen (secondary N) is 1. The predicted molar refractivity (Wildman–Crippen MR) is 59.4 cm³/mol. The SMILES string of the molecule is CC1=C2CCC[C@@H]2CCC1=NNC(N)=O. The molecule has 4 nitrogen and oxygen atoms in total. The van der Waals surface area contributed by atoms with Crippen LogP contribution in [0.2, 0.25) is 0 Å². The van der Waals surface area contributed by atoms with Gasteiger partial charge in [-0.15, -0.1) is 0 Å². The average molecular weight is 207 g/mol. The molecule has 0 aliphatic heterocycles. The fourth-order valence-corrected chi connectivity index (χ4v) is 2.68. The van der Waals surface area contributed by atoms with Crippen LogP contribution in [0, 0.1) is 5.92 Å². The molecule has 0 saturated heterocycles. The van der Waals surface area contributed by atoms with Crippen molar-refractivity contribution in [1.82, 2.24) is 5.43 Å². The summed E-state index contributed by atoms with van der Waals surface area (Å²) in [6.45, 7) is 2.11. The number of nitrogens with two attached hydrogens (primary N) is 1. The summed E-state index contributed by atoms with van der Waals surface area (Å²) in [5.74, 6) is 0.775. The molecule has 3 N–H and O–H groups in total. The monoisotopic (exact) mass is 207 g/mol. The second-order valence-electron chi connectivity index (χ2n) is 4.31. The molecule has 0 aromatic carbocycles. The molecule has 2 amide bonds. The Bertz CT molecular complexity index is 344. The summed E-state index contributed by atoms with van der Waals surface area (Å²) in [6, 6.07) is -0.589. The molecule has 15 heavy (non-hydrogen) atoms. The number of primary amides is 1. The largest absolute Gasteiger partial charge is 0.350 e. The van der Waals surface area contributed by atoms with Crippen LogP contribution < -0.4 is 11.2 Å². The van der Waals surface area contributed by atoms with Crippen molar-refractivity contribution < 1.29 is 4.79 Å². The van der Waals surface area contributed by atoms with Gasteiger partial charge in [0.05, 0.1) is 5.71 Å². The number of fused-ring (bicyclic) bond motifs is 1. The van der Waals surface area contributed by atoms with E-state index in [-0.39, 0.29) is 0 Å². The van der Waals surface area contributed by atoms with Crippen LogP contribution in [0.3, 0.4) is 0 Å². The lowest BCUT2D eigenvalue weighted by molar-refractivity contribution is 0.249. The summed E-state index contributed by atoms with van der Waals surface area (Å²) < 4.78 is 0. The van der Waals surface area contributed by atoms with Gasteiger partial charge in [0.2, 0.25) is 0 Å². The highest BCUT2D eigenvalue weighted by molar-refractivity contribution is 6.01. The van der Waals surface area contributed by atoms with Gasteiger partial charge in [0.1, 0.15) is 0 Å². The number of carbonyl (C=O) groups excluding carboxylic acids is 1. The molecule has 82 valence electrons. The standard InChI is InChI=1S/C11H17N3O/c1-7-9-4-2-3-8(9)5-6-10(7)13-14-11(12)15/h8H,2-6H2,1H3,(H3,12,14,15)/t8-/m1/s1. The molecule has 2 aliphatic rings. The van der Waals surface area contributed by atoms with Gasteiger partial charge in [-0.3, -0.25) is 0 Å². The highest BCUT2D eigenvalue weighted by atomic mass is 16.2. The zero-order chi connectivity index (χ0) is 10.8. The summed E-state index contributed by atoms with van der Waals surface area (Å²) in [4.78, 5) is 10.6. The van der Waals surface area contributed by atoms with Crippen LogP contribution in [0.25, 0.3) is 0 Å². The first-order chi connectivity index (χ1) is 7.18. The van der Waals surface area contributed by atoms with Gasteiger partial charge in [-0.2, -0.15) is 5.10 Å². The fraction of sp³-hybridized carbons (Fsp3) is 0.636. The van der Waals surface area contributed by atoms with Gasteiger partial charge < -0.3 is 5.73 Å². The minimum atomic E-state index is -0.589. The van der Waals surface area contributed by atoms with Crippen LogP contribution in [0.15, 0.2) is 16.2 Å². The Morgan fingerprint density at radius 2 is 2.27 bits per heavy atom. The number of rotatable bonds is 1. The molecule has 4 heteroatoms. The Morgan fingerprint density at radius 1 is 1.47 bits per heavy atom. The number of amides is 2. The summed E-state index contributed by atoms with van der Waals surface area (Å²) >= 11 is 0. The van der Waals surface area contributed by atoms with Crippen molar-refractivity contribution in [3.8, 4) is 0 Å². The van der Waals surface area contributed by atoms with E-state index in [0.717, 1.165) is 18.1 Å². The number of hydrazone groups is 1. The second-order valence-corrected chi connectivity index (χ2v) is 4.31. The Morgan fingerprint density at radius 3 is 3.00 bits per heavy atom. The van der Waals surface area contributed by atoms with E-state index in [1.807, 2.05) is 0 Å². The summed E-state index contributed by atoms with van der Waals surface area (Å²) in [5, 5.41) is 4.06. The summed E-state index contributed by atoms with van der Waals surface area (Å²) in [7, 11) is 0. The highest BCUT2D eigenvalue weighted by Crippen LogP contribution is 2.40. The van der Waals surface area contributed by atoms with Crippen molar-refractivity contribution in [2.45, 2.75) is 39.0 Å². The Labute approximate surface area is 89.6 Å². The number of allylic oxidation sites excluding steroid dienone is 2. The summed E-state index contributed by atoms with van der Waals surface area (Å²) in [5.41, 5.74) is 11.1. The molecule has 1 atom stereocenters. The molecule has 1 fully saturated rings. The van der Waals surface area contributed by atoms with Crippen LogP contribution >= 0.6 is 0 Å². The number of hydrogen-bond acceptors (Lipinski definition) is 2. The van der Waals surface area contributed by atoms with E-state index in [4.69, 9.17) is 5.73 Å². The van der Waals surface area contributed by atoms with E-state index in [1.54, 1.807) is 5.57 Å². The molecule has 2 aliphatic carbocycles. The maximum absolute atomic E-state index is 10.6. The predicted octanol–water partition coefficient (Wildman–Crippen LogP) is 1.92. The number of nitrogens with zero attached hydrogens (tertiary/aromatic N) is 1. The Kier molecular flexibility index (Phi) is 2.75. The van der Waals surface area contributed by atoms with E-state index >= 15 is 0 Å². The van der Waals surface area contributed by atoms with E-state index in [0.29, 0.717) is 0 Å². The van der Waals surface area contributed by atoms with Crippen LogP contribution in [0.5, 0.6) is 0 Å². The Balaban J connectivity index is 2.18. The number of hydrogen-bond donors (Lipinski definition) is 2. The third kappa shape index (κ3) is 2.03. The molecule has 0 bridgehead atoms. The van der Waals surface area contributed by atoms with Gasteiger partial charge in [-0.1, -0.05) is 5.57 Å². The lowest BCUT2D eigenvalue weighted by Crippen LogP contribution is -2.27. The topological polar surface area (TPSA) is 67.5 Å². The van der Waals surface area contributed by atoms with E-state index in [9.17, 15) is 4.79 Å². The number of urea groups is 1. The van der Waals surface area contributed by atoms with Crippen LogP contribution in [0.4, 0.5) is 4.79 Å². The first kappa shape index (κ1) is 10.2. The van der Waals surface area contributed by atoms with E-state index in [2.05, 4.69) is 17.5 Å².